The van der Waals surface area contributed by atoms with Gasteiger partial charge in [-0.25, -0.2) is 9.38 Å². The van der Waals surface area contributed by atoms with Crippen LogP contribution in [0.4, 0.5) is 23.2 Å². The van der Waals surface area contributed by atoms with Crippen LogP contribution in [0.25, 0.3) is 0 Å². The molecule has 0 saturated carbocycles. The summed E-state index contributed by atoms with van der Waals surface area (Å²) in [6.45, 7) is 1.12. The Bertz CT molecular complexity index is 679. The molecule has 0 aliphatic carbocycles. The maximum Gasteiger partial charge on any atom is 0.415 e. The minimum Gasteiger partial charge on any atom is -0.399 e. The van der Waals surface area contributed by atoms with E-state index in [1.54, 1.807) is 0 Å². The Morgan fingerprint density at radius 3 is 2.70 bits per heavy atom. The van der Waals surface area contributed by atoms with Crippen molar-refractivity contribution in [1.29, 1.82) is 0 Å². The van der Waals surface area contributed by atoms with Gasteiger partial charge in [0.25, 0.3) is 0 Å². The Morgan fingerprint density at radius 1 is 1.35 bits per heavy atom. The van der Waals surface area contributed by atoms with Gasteiger partial charge in [0.2, 0.25) is 0 Å². The monoisotopic (exact) mass is 349 g/mol. The molecule has 126 valence electrons. The number of benzene rings is 1. The molecule has 0 radical (unpaired) electrons. The number of nitrogens with zero attached hydrogens (tertiary/aromatic N) is 1. The molecule has 3 rings (SSSR count). The molecule has 0 unspecified atom stereocenters. The first-order chi connectivity index (χ1) is 10.6. The highest BCUT2D eigenvalue weighted by atomic mass is 32.2. The number of halogens is 4. The van der Waals surface area contributed by atoms with E-state index in [1.807, 2.05) is 0 Å². The van der Waals surface area contributed by atoms with Crippen molar-refractivity contribution in [3.8, 4) is 0 Å². The molecule has 1 fully saturated rings. The average Bonchev–Trinajstić information content (AvgIpc) is 2.82. The maximum atomic E-state index is 14.6. The van der Waals surface area contributed by atoms with Crippen LogP contribution in [0, 0.1) is 18.7 Å². The molecule has 2 heterocycles. The van der Waals surface area contributed by atoms with Crippen LogP contribution in [0.2, 0.25) is 0 Å². The minimum atomic E-state index is -4.56. The summed E-state index contributed by atoms with van der Waals surface area (Å²) in [6.07, 6.45) is -6.56. The molecule has 9 heteroatoms. The predicted octanol–water partition coefficient (Wildman–Crippen LogP) is 2.55. The summed E-state index contributed by atoms with van der Waals surface area (Å²) in [5.41, 5.74) is 10.5. The number of anilines is 1. The summed E-state index contributed by atoms with van der Waals surface area (Å²) in [6, 6.07) is 2.75. The van der Waals surface area contributed by atoms with E-state index in [9.17, 15) is 17.6 Å². The molecular weight excluding hydrogens is 334 g/mol. The van der Waals surface area contributed by atoms with E-state index < -0.39 is 29.6 Å². The van der Waals surface area contributed by atoms with Crippen molar-refractivity contribution in [3.05, 3.63) is 29.1 Å². The Hall–Kier alpha value is -1.48. The fourth-order valence-corrected chi connectivity index (χ4v) is 4.24. The number of hydrogen-bond acceptors (Lipinski definition) is 5. The first-order valence-electron chi connectivity index (χ1n) is 6.87. The summed E-state index contributed by atoms with van der Waals surface area (Å²) in [5, 5.41) is 0.118. The van der Waals surface area contributed by atoms with Crippen LogP contribution in [0.3, 0.4) is 0 Å². The van der Waals surface area contributed by atoms with Gasteiger partial charge in [-0.2, -0.15) is 13.2 Å². The second-order valence-corrected chi connectivity index (χ2v) is 6.80. The van der Waals surface area contributed by atoms with Gasteiger partial charge in [0.1, 0.15) is 11.4 Å². The maximum absolute atomic E-state index is 14.6. The molecule has 4 N–H and O–H groups in total. The van der Waals surface area contributed by atoms with Crippen LogP contribution in [0.1, 0.15) is 11.1 Å². The van der Waals surface area contributed by atoms with Gasteiger partial charge in [0.05, 0.1) is 6.61 Å². The molecule has 3 atom stereocenters. The lowest BCUT2D eigenvalue weighted by Gasteiger charge is -2.36. The first-order valence-corrected chi connectivity index (χ1v) is 7.86. The van der Waals surface area contributed by atoms with Crippen molar-refractivity contribution in [1.82, 2.24) is 0 Å². The molecule has 1 aromatic carbocycles. The number of nitrogens with two attached hydrogens (primary N) is 2. The number of alkyl halides is 3. The molecule has 23 heavy (non-hydrogen) atoms. The lowest BCUT2D eigenvalue weighted by atomic mass is 9.78. The molecule has 0 spiro atoms. The third-order valence-electron chi connectivity index (χ3n) is 4.25. The number of fused-ring (bicyclic) bond motifs is 1. The molecule has 1 saturated heterocycles. The van der Waals surface area contributed by atoms with E-state index in [0.29, 0.717) is 0 Å². The largest absolute Gasteiger partial charge is 0.415 e. The minimum absolute atomic E-state index is 0.00926. The highest BCUT2D eigenvalue weighted by Crippen LogP contribution is 2.52. The highest BCUT2D eigenvalue weighted by Gasteiger charge is 2.62. The van der Waals surface area contributed by atoms with Crippen molar-refractivity contribution in [2.24, 2.45) is 16.6 Å². The Labute approximate surface area is 134 Å². The first kappa shape index (κ1) is 16.4. The zero-order chi connectivity index (χ0) is 17.0. The lowest BCUT2D eigenvalue weighted by molar-refractivity contribution is -0.215. The van der Waals surface area contributed by atoms with Crippen LogP contribution < -0.4 is 11.5 Å². The van der Waals surface area contributed by atoms with Gasteiger partial charge in [-0.15, -0.1) is 0 Å². The van der Waals surface area contributed by atoms with Crippen molar-refractivity contribution in [3.63, 3.8) is 0 Å². The molecule has 4 nitrogen and oxygen atoms in total. The van der Waals surface area contributed by atoms with Crippen molar-refractivity contribution in [2.75, 3.05) is 18.1 Å². The van der Waals surface area contributed by atoms with Gasteiger partial charge < -0.3 is 16.2 Å². The van der Waals surface area contributed by atoms with Gasteiger partial charge in [-0.1, -0.05) is 11.8 Å². The third-order valence-corrected chi connectivity index (χ3v) is 5.16. The standard InChI is InChI=1S/C14H15F4N3OS/c1-6-2-7(19)3-8(10(6)15)13-5-22-11(14(16,17)18)9(13)4-23-12(20)21-13/h2-3,9,11H,4-5,19H2,1H3,(H2,20,21)/t9-,11+,13-/m1/s1. The molecular formula is C14H15F4N3OS. The Morgan fingerprint density at radius 2 is 2.04 bits per heavy atom. The summed E-state index contributed by atoms with van der Waals surface area (Å²) in [5.74, 6) is -1.64. The molecule has 2 aliphatic rings. The second kappa shape index (κ2) is 5.27. The van der Waals surface area contributed by atoms with Crippen LogP contribution >= 0.6 is 11.8 Å². The fourth-order valence-electron chi connectivity index (χ4n) is 3.21. The Kier molecular flexibility index (Phi) is 3.75. The number of aliphatic imine (C=N–C) groups is 1. The van der Waals surface area contributed by atoms with E-state index >= 15 is 0 Å². The predicted molar refractivity (Wildman–Crippen MR) is 80.6 cm³/mol. The number of aryl methyl sites for hydroxylation is 1. The zero-order valence-electron chi connectivity index (χ0n) is 12.2. The third kappa shape index (κ3) is 2.55. The average molecular weight is 349 g/mol. The SMILES string of the molecule is Cc1cc(N)cc([C@]23CO[C@H](C(F)(F)F)[C@H]2CSC(N)=N3)c1F. The van der Waals surface area contributed by atoms with Crippen LogP contribution in [-0.4, -0.2) is 29.8 Å². The number of rotatable bonds is 1. The van der Waals surface area contributed by atoms with Gasteiger partial charge in [-0.3, -0.25) is 0 Å². The summed E-state index contributed by atoms with van der Waals surface area (Å²) in [7, 11) is 0. The van der Waals surface area contributed by atoms with Gasteiger partial charge in [0.15, 0.2) is 11.3 Å². The van der Waals surface area contributed by atoms with Crippen LogP contribution in [-0.2, 0) is 10.3 Å². The summed E-state index contributed by atoms with van der Waals surface area (Å²) >= 11 is 1.02. The van der Waals surface area contributed by atoms with E-state index in [1.165, 1.54) is 19.1 Å². The summed E-state index contributed by atoms with van der Waals surface area (Å²) < 4.78 is 59.4. The quantitative estimate of drug-likeness (QED) is 0.604. The van der Waals surface area contributed by atoms with Crippen molar-refractivity contribution >= 4 is 22.6 Å². The van der Waals surface area contributed by atoms with Crippen LogP contribution in [0.5, 0.6) is 0 Å². The van der Waals surface area contributed by atoms with E-state index in [-0.39, 0.29) is 34.3 Å². The smallest absolute Gasteiger partial charge is 0.399 e. The summed E-state index contributed by atoms with van der Waals surface area (Å²) in [4.78, 5) is 4.19. The molecule has 1 aromatic rings. The number of hydrogen-bond donors (Lipinski definition) is 2. The van der Waals surface area contributed by atoms with E-state index in [0.717, 1.165) is 11.8 Å². The van der Waals surface area contributed by atoms with Gasteiger partial charge in [0, 0.05) is 22.9 Å². The number of thioether (sulfide) groups is 1. The van der Waals surface area contributed by atoms with Crippen LogP contribution in [0.15, 0.2) is 17.1 Å². The number of ether oxygens (including phenoxy) is 1. The van der Waals surface area contributed by atoms with Gasteiger partial charge in [-0.05, 0) is 24.6 Å². The van der Waals surface area contributed by atoms with E-state index in [4.69, 9.17) is 16.2 Å². The van der Waals surface area contributed by atoms with E-state index in [2.05, 4.69) is 4.99 Å². The van der Waals surface area contributed by atoms with Gasteiger partial charge >= 0.3 is 6.18 Å². The molecule has 0 bridgehead atoms. The second-order valence-electron chi connectivity index (χ2n) is 5.76. The highest BCUT2D eigenvalue weighted by molar-refractivity contribution is 8.13. The lowest BCUT2D eigenvalue weighted by Crippen LogP contribution is -2.46. The fraction of sp³-hybridized carbons (Fsp3) is 0.500. The molecule has 0 aromatic heterocycles. The normalized spacial score (nSPS) is 30.9. The molecule has 2 aliphatic heterocycles. The van der Waals surface area contributed by atoms with Crippen molar-refractivity contribution < 1.29 is 22.3 Å². The molecule has 0 amide bonds. The topological polar surface area (TPSA) is 73.6 Å². The Balaban J connectivity index is 2.19. The van der Waals surface area contributed by atoms with Crippen molar-refractivity contribution in [2.45, 2.75) is 24.7 Å². The number of nitrogen functional groups attached to an aromatic ring is 1. The number of amidine groups is 1. The zero-order valence-corrected chi connectivity index (χ0v) is 13.0.